The molecule has 0 heterocycles. The van der Waals surface area contributed by atoms with E-state index in [9.17, 15) is 15.0 Å². The topological polar surface area (TPSA) is 69.6 Å². The number of phenolic OH excluding ortho intramolecular Hbond substituents is 2. The van der Waals surface area contributed by atoms with Crippen LogP contribution in [0.4, 0.5) is 0 Å². The lowest BCUT2D eigenvalue weighted by atomic mass is 9.96. The van der Waals surface area contributed by atoms with E-state index in [1.807, 2.05) is 13.0 Å². The second-order valence-electron chi connectivity index (χ2n) is 4.73. The van der Waals surface area contributed by atoms with Crippen molar-refractivity contribution in [1.29, 1.82) is 0 Å². The van der Waals surface area contributed by atoms with E-state index in [4.69, 9.17) is 0 Å². The molecule has 0 aliphatic heterocycles. The fraction of sp³-hybridized carbons (Fsp3) is 0.500. The van der Waals surface area contributed by atoms with Gasteiger partial charge in [-0.2, -0.15) is 0 Å². The maximum absolute atomic E-state index is 11.2. The van der Waals surface area contributed by atoms with Gasteiger partial charge in [0.25, 0.3) is 0 Å². The Morgan fingerprint density at radius 3 is 2.94 bits per heavy atom. The monoisotopic (exact) mass is 249 g/mol. The maximum atomic E-state index is 11.2. The third-order valence-electron chi connectivity index (χ3n) is 3.59. The van der Waals surface area contributed by atoms with Crippen LogP contribution in [0.1, 0.15) is 43.2 Å². The molecular formula is C14H19NO3. The maximum Gasteiger partial charge on any atom is 0.219 e. The lowest BCUT2D eigenvalue weighted by molar-refractivity contribution is -0.120. The summed E-state index contributed by atoms with van der Waals surface area (Å²) in [5, 5.41) is 22.3. The van der Waals surface area contributed by atoms with Crippen LogP contribution in [0.25, 0.3) is 0 Å². The zero-order valence-electron chi connectivity index (χ0n) is 10.6. The van der Waals surface area contributed by atoms with Gasteiger partial charge in [0.15, 0.2) is 11.5 Å². The molecule has 0 radical (unpaired) electrons. The van der Waals surface area contributed by atoms with E-state index < -0.39 is 0 Å². The molecule has 18 heavy (non-hydrogen) atoms. The average Bonchev–Trinajstić information content (AvgIpc) is 2.77. The van der Waals surface area contributed by atoms with Crippen LogP contribution in [0, 0.1) is 0 Å². The first-order valence-corrected chi connectivity index (χ1v) is 6.43. The number of hydrogen-bond donors (Lipinski definition) is 3. The van der Waals surface area contributed by atoms with Gasteiger partial charge in [-0.25, -0.2) is 0 Å². The number of hydrogen-bond acceptors (Lipinski definition) is 3. The van der Waals surface area contributed by atoms with Gasteiger partial charge in [-0.1, -0.05) is 13.0 Å². The van der Waals surface area contributed by atoms with Crippen molar-refractivity contribution in [3.8, 4) is 11.5 Å². The first-order valence-electron chi connectivity index (χ1n) is 6.43. The molecule has 1 amide bonds. The second kappa shape index (κ2) is 5.29. The van der Waals surface area contributed by atoms with Crippen LogP contribution >= 0.6 is 0 Å². The minimum Gasteiger partial charge on any atom is -0.504 e. The summed E-state index contributed by atoms with van der Waals surface area (Å²) in [5.74, 6) is 0.229. The number of carbonyl (C=O) groups excluding carboxylic acids is 1. The number of aryl methyl sites for hydroxylation is 1. The number of fused-ring (bicyclic) bond motifs is 1. The van der Waals surface area contributed by atoms with E-state index in [2.05, 4.69) is 5.32 Å². The Bertz CT molecular complexity index is 457. The third-order valence-corrected chi connectivity index (χ3v) is 3.59. The highest BCUT2D eigenvalue weighted by molar-refractivity contribution is 5.75. The predicted molar refractivity (Wildman–Crippen MR) is 68.8 cm³/mol. The van der Waals surface area contributed by atoms with E-state index in [-0.39, 0.29) is 23.3 Å². The first-order chi connectivity index (χ1) is 8.63. The minimum atomic E-state index is -0.0572. The van der Waals surface area contributed by atoms with Gasteiger partial charge in [0.05, 0.1) is 0 Å². The van der Waals surface area contributed by atoms with E-state index in [0.717, 1.165) is 30.4 Å². The van der Waals surface area contributed by atoms with Crippen LogP contribution in [0.15, 0.2) is 12.1 Å². The van der Waals surface area contributed by atoms with Crippen molar-refractivity contribution >= 4 is 5.91 Å². The molecule has 1 aromatic rings. The van der Waals surface area contributed by atoms with Crippen LogP contribution in [0.3, 0.4) is 0 Å². The Kier molecular flexibility index (Phi) is 3.75. The largest absolute Gasteiger partial charge is 0.504 e. The molecule has 1 aliphatic carbocycles. The third kappa shape index (κ3) is 2.42. The lowest BCUT2D eigenvalue weighted by Gasteiger charge is -2.14. The minimum absolute atomic E-state index is 0.0109. The van der Waals surface area contributed by atoms with E-state index in [1.165, 1.54) is 6.07 Å². The summed E-state index contributed by atoms with van der Waals surface area (Å²) in [6.07, 6.45) is 3.19. The SMILES string of the molecule is CCC(=O)NCCC1CCc2ccc(O)c(O)c21. The van der Waals surface area contributed by atoms with Crippen molar-refractivity contribution in [3.63, 3.8) is 0 Å². The molecule has 4 nitrogen and oxygen atoms in total. The molecule has 0 saturated heterocycles. The number of nitrogens with one attached hydrogen (secondary N) is 1. The number of amides is 1. The number of benzene rings is 1. The van der Waals surface area contributed by atoms with E-state index >= 15 is 0 Å². The predicted octanol–water partition coefficient (Wildman–Crippen LogP) is 2.04. The number of phenols is 2. The van der Waals surface area contributed by atoms with Crippen molar-refractivity contribution in [3.05, 3.63) is 23.3 Å². The zero-order chi connectivity index (χ0) is 13.1. The molecule has 3 N–H and O–H groups in total. The van der Waals surface area contributed by atoms with Crippen molar-refractivity contribution in [2.45, 2.75) is 38.5 Å². The molecule has 2 rings (SSSR count). The molecule has 0 spiro atoms. The number of rotatable bonds is 4. The van der Waals surface area contributed by atoms with Gasteiger partial charge in [-0.15, -0.1) is 0 Å². The second-order valence-corrected chi connectivity index (χ2v) is 4.73. The Balaban J connectivity index is 2.03. The molecule has 0 fully saturated rings. The molecular weight excluding hydrogens is 230 g/mol. The lowest BCUT2D eigenvalue weighted by Crippen LogP contribution is -2.24. The van der Waals surface area contributed by atoms with Gasteiger partial charge in [-0.05, 0) is 36.8 Å². The summed E-state index contributed by atoms with van der Waals surface area (Å²) in [6, 6.07) is 3.41. The summed E-state index contributed by atoms with van der Waals surface area (Å²) < 4.78 is 0. The van der Waals surface area contributed by atoms with E-state index in [0.29, 0.717) is 13.0 Å². The van der Waals surface area contributed by atoms with Gasteiger partial charge in [-0.3, -0.25) is 4.79 Å². The van der Waals surface area contributed by atoms with Crippen molar-refractivity contribution < 1.29 is 15.0 Å². The number of aromatic hydroxyl groups is 2. The fourth-order valence-electron chi connectivity index (χ4n) is 2.59. The Morgan fingerprint density at radius 1 is 1.44 bits per heavy atom. The van der Waals surface area contributed by atoms with Gasteiger partial charge in [0.2, 0.25) is 5.91 Å². The number of carbonyl (C=O) groups is 1. The standard InChI is InChI=1S/C14H19NO3/c1-2-12(17)15-8-7-10-4-3-9-5-6-11(16)14(18)13(9)10/h5-6,10,16,18H,2-4,7-8H2,1H3,(H,15,17). The fourth-order valence-corrected chi connectivity index (χ4v) is 2.59. The van der Waals surface area contributed by atoms with Crippen molar-refractivity contribution in [2.24, 2.45) is 0 Å². The van der Waals surface area contributed by atoms with Crippen LogP contribution < -0.4 is 5.32 Å². The normalized spacial score (nSPS) is 17.5. The summed E-state index contributed by atoms with van der Waals surface area (Å²) in [5.41, 5.74) is 1.97. The van der Waals surface area contributed by atoms with Gasteiger partial charge in [0, 0.05) is 18.5 Å². The quantitative estimate of drug-likeness (QED) is 0.715. The zero-order valence-corrected chi connectivity index (χ0v) is 10.6. The van der Waals surface area contributed by atoms with Crippen LogP contribution in [0.2, 0.25) is 0 Å². The van der Waals surface area contributed by atoms with Crippen LogP contribution in [-0.2, 0) is 11.2 Å². The average molecular weight is 249 g/mol. The van der Waals surface area contributed by atoms with Crippen LogP contribution in [0.5, 0.6) is 11.5 Å². The highest BCUT2D eigenvalue weighted by Crippen LogP contribution is 2.44. The molecule has 1 unspecified atom stereocenters. The molecule has 0 aromatic heterocycles. The Labute approximate surface area is 107 Å². The molecule has 4 heteroatoms. The molecule has 0 saturated carbocycles. The van der Waals surface area contributed by atoms with Gasteiger partial charge >= 0.3 is 0 Å². The first kappa shape index (κ1) is 12.7. The van der Waals surface area contributed by atoms with Gasteiger partial charge < -0.3 is 15.5 Å². The summed E-state index contributed by atoms with van der Waals surface area (Å²) in [4.78, 5) is 11.2. The molecule has 98 valence electrons. The molecule has 1 aromatic carbocycles. The van der Waals surface area contributed by atoms with Gasteiger partial charge in [0.1, 0.15) is 0 Å². The van der Waals surface area contributed by atoms with Crippen molar-refractivity contribution in [2.75, 3.05) is 6.54 Å². The van der Waals surface area contributed by atoms with E-state index in [1.54, 1.807) is 0 Å². The molecule has 0 bridgehead atoms. The smallest absolute Gasteiger partial charge is 0.219 e. The summed E-state index contributed by atoms with van der Waals surface area (Å²) in [7, 11) is 0. The Hall–Kier alpha value is -1.71. The highest BCUT2D eigenvalue weighted by Gasteiger charge is 2.26. The Morgan fingerprint density at radius 2 is 2.22 bits per heavy atom. The molecule has 1 atom stereocenters. The highest BCUT2D eigenvalue weighted by atomic mass is 16.3. The summed E-state index contributed by atoms with van der Waals surface area (Å²) in [6.45, 7) is 2.44. The van der Waals surface area contributed by atoms with Crippen molar-refractivity contribution in [1.82, 2.24) is 5.32 Å². The summed E-state index contributed by atoms with van der Waals surface area (Å²) >= 11 is 0. The van der Waals surface area contributed by atoms with Crippen LogP contribution in [-0.4, -0.2) is 22.7 Å². The molecule has 1 aliphatic rings.